The molecule has 2 atom stereocenters. The van der Waals surface area contributed by atoms with Crippen LogP contribution in [0.1, 0.15) is 38.2 Å². The Bertz CT molecular complexity index is 572. The van der Waals surface area contributed by atoms with Crippen LogP contribution in [0.2, 0.25) is 0 Å². The van der Waals surface area contributed by atoms with Gasteiger partial charge in [0.25, 0.3) is 0 Å². The molecule has 0 aromatic heterocycles. The number of hydrogen-bond donors (Lipinski definition) is 3. The highest BCUT2D eigenvalue weighted by atomic mass is 127. The molecule has 26 heavy (non-hydrogen) atoms. The Morgan fingerprint density at radius 1 is 1.38 bits per heavy atom. The minimum atomic E-state index is 0. The molecule has 0 radical (unpaired) electrons. The zero-order valence-electron chi connectivity index (χ0n) is 16.0. The number of halogens is 1. The number of phenolic OH excluding ortho intramolecular Hbond substituents is 1. The van der Waals surface area contributed by atoms with Crippen molar-refractivity contribution in [3.05, 3.63) is 23.8 Å². The number of phenols is 1. The third kappa shape index (κ3) is 7.06. The molecule has 1 aromatic carbocycles. The molecule has 3 N–H and O–H groups in total. The van der Waals surface area contributed by atoms with Crippen LogP contribution in [0, 0.1) is 0 Å². The number of para-hydroxylation sites is 1. The molecule has 1 aliphatic rings. The molecule has 148 valence electrons. The van der Waals surface area contributed by atoms with Gasteiger partial charge in [-0.05, 0) is 50.5 Å². The van der Waals surface area contributed by atoms with Gasteiger partial charge in [-0.2, -0.15) is 11.8 Å². The Morgan fingerprint density at radius 2 is 2.19 bits per heavy atom. The number of hydrogen-bond acceptors (Lipinski definition) is 4. The van der Waals surface area contributed by atoms with Gasteiger partial charge in [0.15, 0.2) is 17.5 Å². The Balaban J connectivity index is 0.00000338. The number of ether oxygens (including phenoxy) is 1. The quantitative estimate of drug-likeness (QED) is 0.307. The second-order valence-corrected chi connectivity index (χ2v) is 7.48. The molecular weight excluding hydrogens is 461 g/mol. The van der Waals surface area contributed by atoms with E-state index in [1.54, 1.807) is 13.2 Å². The summed E-state index contributed by atoms with van der Waals surface area (Å²) < 4.78 is 5.16. The summed E-state index contributed by atoms with van der Waals surface area (Å²) in [6.45, 7) is 3.54. The lowest BCUT2D eigenvalue weighted by Crippen LogP contribution is -2.45. The van der Waals surface area contributed by atoms with Crippen molar-refractivity contribution in [2.24, 2.45) is 4.99 Å². The number of nitrogens with zero attached hydrogens (tertiary/aromatic N) is 1. The van der Waals surface area contributed by atoms with E-state index in [2.05, 4.69) is 28.8 Å². The lowest BCUT2D eigenvalue weighted by Gasteiger charge is -2.29. The Labute approximate surface area is 178 Å². The molecule has 2 rings (SSSR count). The van der Waals surface area contributed by atoms with Crippen LogP contribution in [0.3, 0.4) is 0 Å². The minimum absolute atomic E-state index is 0. The summed E-state index contributed by atoms with van der Waals surface area (Å²) in [7, 11) is 1.57. The van der Waals surface area contributed by atoms with Crippen LogP contribution >= 0.6 is 35.7 Å². The Morgan fingerprint density at radius 3 is 2.88 bits per heavy atom. The lowest BCUT2D eigenvalue weighted by atomic mass is 9.95. The number of rotatable bonds is 7. The van der Waals surface area contributed by atoms with Crippen LogP contribution in [-0.2, 0) is 6.42 Å². The molecular formula is C19H32IN3O2S. The largest absolute Gasteiger partial charge is 0.504 e. The van der Waals surface area contributed by atoms with Crippen molar-refractivity contribution in [3.8, 4) is 11.5 Å². The van der Waals surface area contributed by atoms with E-state index in [1.165, 1.54) is 25.7 Å². The number of benzene rings is 1. The van der Waals surface area contributed by atoms with Gasteiger partial charge in [0, 0.05) is 24.4 Å². The van der Waals surface area contributed by atoms with Gasteiger partial charge in [0.05, 0.1) is 7.11 Å². The summed E-state index contributed by atoms with van der Waals surface area (Å²) in [6, 6.07) is 6.07. The van der Waals surface area contributed by atoms with Crippen molar-refractivity contribution >= 4 is 41.7 Å². The molecule has 2 unspecified atom stereocenters. The highest BCUT2D eigenvalue weighted by molar-refractivity contribution is 14.0. The third-order valence-electron chi connectivity index (χ3n) is 4.60. The van der Waals surface area contributed by atoms with Crippen molar-refractivity contribution < 1.29 is 9.84 Å². The van der Waals surface area contributed by atoms with Crippen molar-refractivity contribution in [1.82, 2.24) is 10.6 Å². The van der Waals surface area contributed by atoms with E-state index >= 15 is 0 Å². The Hall–Kier alpha value is -0.830. The van der Waals surface area contributed by atoms with Crippen molar-refractivity contribution in [1.29, 1.82) is 0 Å². The number of methoxy groups -OCH3 is 1. The average Bonchev–Trinajstić information content (AvgIpc) is 2.63. The maximum Gasteiger partial charge on any atom is 0.191 e. The number of nitrogens with one attached hydrogen (secondary N) is 2. The van der Waals surface area contributed by atoms with E-state index in [0.29, 0.717) is 24.8 Å². The fraction of sp³-hybridized carbons (Fsp3) is 0.632. The molecule has 0 heterocycles. The van der Waals surface area contributed by atoms with Gasteiger partial charge in [-0.1, -0.05) is 18.6 Å². The summed E-state index contributed by atoms with van der Waals surface area (Å²) in [5.74, 6) is 1.60. The molecule has 5 nitrogen and oxygen atoms in total. The molecule has 0 spiro atoms. The predicted octanol–water partition coefficient (Wildman–Crippen LogP) is 3.79. The number of aromatic hydroxyl groups is 1. The molecule has 1 saturated carbocycles. The van der Waals surface area contributed by atoms with E-state index in [9.17, 15) is 5.11 Å². The highest BCUT2D eigenvalue weighted by Crippen LogP contribution is 2.29. The standard InChI is InChI=1S/C19H31N3O2S.HI/c1-4-20-19(22-15-8-6-9-16(13-15)25-3)21-12-11-14-7-5-10-17(24-2)18(14)23;/h5,7,10,15-16,23H,4,6,8-9,11-13H2,1-3H3,(H2,20,21,22);1H. The predicted molar refractivity (Wildman–Crippen MR) is 122 cm³/mol. The van der Waals surface area contributed by atoms with E-state index in [1.807, 2.05) is 23.9 Å². The van der Waals surface area contributed by atoms with E-state index in [-0.39, 0.29) is 29.7 Å². The van der Waals surface area contributed by atoms with Gasteiger partial charge in [-0.15, -0.1) is 24.0 Å². The van der Waals surface area contributed by atoms with Crippen molar-refractivity contribution in [2.75, 3.05) is 26.5 Å². The smallest absolute Gasteiger partial charge is 0.191 e. The maximum atomic E-state index is 10.2. The van der Waals surface area contributed by atoms with Gasteiger partial charge < -0.3 is 20.5 Å². The van der Waals surface area contributed by atoms with Gasteiger partial charge in [-0.25, -0.2) is 0 Å². The van der Waals surface area contributed by atoms with Gasteiger partial charge in [0.1, 0.15) is 0 Å². The van der Waals surface area contributed by atoms with Gasteiger partial charge >= 0.3 is 0 Å². The molecule has 0 saturated heterocycles. The summed E-state index contributed by atoms with van der Waals surface area (Å²) in [4.78, 5) is 4.69. The lowest BCUT2D eigenvalue weighted by molar-refractivity contribution is 0.370. The maximum absolute atomic E-state index is 10.2. The van der Waals surface area contributed by atoms with Crippen LogP contribution < -0.4 is 15.4 Å². The molecule has 1 aromatic rings. The molecule has 0 amide bonds. The molecule has 1 fully saturated rings. The molecule has 0 bridgehead atoms. The van der Waals surface area contributed by atoms with Gasteiger partial charge in [-0.3, -0.25) is 4.99 Å². The van der Waals surface area contributed by atoms with Crippen molar-refractivity contribution in [2.45, 2.75) is 50.3 Å². The summed E-state index contributed by atoms with van der Waals surface area (Å²) in [5, 5.41) is 17.8. The number of aliphatic imine (C=N–C) groups is 1. The first-order valence-electron chi connectivity index (χ1n) is 9.10. The normalized spacial score (nSPS) is 20.2. The molecule has 0 aliphatic heterocycles. The second-order valence-electron chi connectivity index (χ2n) is 6.34. The average molecular weight is 493 g/mol. The summed E-state index contributed by atoms with van der Waals surface area (Å²) >= 11 is 1.97. The fourth-order valence-corrected chi connectivity index (χ4v) is 4.05. The SMILES string of the molecule is CCNC(=NCCc1cccc(OC)c1O)NC1CCCC(SC)C1.I. The minimum Gasteiger partial charge on any atom is -0.504 e. The van der Waals surface area contributed by atoms with Crippen molar-refractivity contribution in [3.63, 3.8) is 0 Å². The van der Waals surface area contributed by atoms with E-state index < -0.39 is 0 Å². The first kappa shape index (κ1) is 23.2. The van der Waals surface area contributed by atoms with E-state index in [4.69, 9.17) is 4.74 Å². The first-order valence-corrected chi connectivity index (χ1v) is 10.4. The van der Waals surface area contributed by atoms with Crippen LogP contribution in [0.5, 0.6) is 11.5 Å². The number of thioether (sulfide) groups is 1. The van der Waals surface area contributed by atoms with Crippen LogP contribution in [-0.4, -0.2) is 48.8 Å². The highest BCUT2D eigenvalue weighted by Gasteiger charge is 2.21. The van der Waals surface area contributed by atoms with Crippen LogP contribution in [0.15, 0.2) is 23.2 Å². The van der Waals surface area contributed by atoms with Crippen LogP contribution in [0.4, 0.5) is 0 Å². The Kier molecular flexibility index (Phi) is 11.2. The molecule has 1 aliphatic carbocycles. The monoisotopic (exact) mass is 493 g/mol. The first-order chi connectivity index (χ1) is 12.2. The zero-order chi connectivity index (χ0) is 18.1. The summed E-state index contributed by atoms with van der Waals surface area (Å²) in [5.41, 5.74) is 0.860. The van der Waals surface area contributed by atoms with Gasteiger partial charge in [0.2, 0.25) is 0 Å². The topological polar surface area (TPSA) is 65.9 Å². The summed E-state index contributed by atoms with van der Waals surface area (Å²) in [6.07, 6.45) is 7.88. The second kappa shape index (κ2) is 12.5. The third-order valence-corrected chi connectivity index (χ3v) is 5.69. The van der Waals surface area contributed by atoms with Crippen LogP contribution in [0.25, 0.3) is 0 Å². The number of guanidine groups is 1. The van der Waals surface area contributed by atoms with E-state index in [0.717, 1.165) is 23.3 Å². The fourth-order valence-electron chi connectivity index (χ4n) is 3.23. The zero-order valence-corrected chi connectivity index (χ0v) is 19.1. The molecule has 7 heteroatoms.